The van der Waals surface area contributed by atoms with Crippen LogP contribution < -0.4 is 10.5 Å². The minimum atomic E-state index is -4.37. The van der Waals surface area contributed by atoms with Gasteiger partial charge in [-0.25, -0.2) is 9.35 Å². The first kappa shape index (κ1) is 24.4. The van der Waals surface area contributed by atoms with Crippen molar-refractivity contribution in [1.82, 2.24) is 5.32 Å². The van der Waals surface area contributed by atoms with Gasteiger partial charge in [-0.2, -0.15) is 13.2 Å². The first-order chi connectivity index (χ1) is 15.3. The first-order valence-corrected chi connectivity index (χ1v) is 12.0. The van der Waals surface area contributed by atoms with Crippen LogP contribution in [0.3, 0.4) is 0 Å². The Bertz CT molecular complexity index is 1030. The number of fused-ring (bicyclic) bond motifs is 1. The normalized spacial score (nSPS) is 16.8. The number of hydrogen-bond acceptors (Lipinski definition) is 2. The van der Waals surface area contributed by atoms with E-state index < -0.39 is 22.7 Å². The zero-order chi connectivity index (χ0) is 23.1. The maximum absolute atomic E-state index is 12.0. The van der Waals surface area contributed by atoms with Gasteiger partial charge in [0, 0.05) is 12.1 Å². The van der Waals surface area contributed by atoms with Gasteiger partial charge in [-0.1, -0.05) is 61.7 Å². The van der Waals surface area contributed by atoms with Crippen molar-refractivity contribution in [3.8, 4) is 0 Å². The number of rotatable bonds is 4. The second kappa shape index (κ2) is 11.1. The molecule has 2 unspecified atom stereocenters. The summed E-state index contributed by atoms with van der Waals surface area (Å²) in [6, 6.07) is 20.4. The minimum Gasteiger partial charge on any atom is -0.307 e. The molecule has 0 aromatic heterocycles. The summed E-state index contributed by atoms with van der Waals surface area (Å²) in [5.74, 6) is 0. The Morgan fingerprint density at radius 3 is 2.19 bits per heavy atom. The molecule has 172 valence electrons. The summed E-state index contributed by atoms with van der Waals surface area (Å²) >= 11 is 0. The van der Waals surface area contributed by atoms with Crippen LogP contribution in [0, 0.1) is 0 Å². The average molecular weight is 463 g/mol. The zero-order valence-corrected chi connectivity index (χ0v) is 18.9. The van der Waals surface area contributed by atoms with Gasteiger partial charge in [0.25, 0.3) is 0 Å². The lowest BCUT2D eigenvalue weighted by molar-refractivity contribution is -0.137. The molecule has 0 aliphatic heterocycles. The fraction of sp³-hybridized carbons (Fsp3) is 0.360. The summed E-state index contributed by atoms with van der Waals surface area (Å²) < 4.78 is 46.7. The lowest BCUT2D eigenvalue weighted by Gasteiger charge is -2.27. The number of benzene rings is 3. The van der Waals surface area contributed by atoms with Crippen LogP contribution >= 0.6 is 0 Å². The van der Waals surface area contributed by atoms with E-state index in [9.17, 15) is 17.4 Å². The molecule has 1 aliphatic rings. The molecule has 0 spiro atoms. The Morgan fingerprint density at radius 1 is 0.938 bits per heavy atom. The maximum atomic E-state index is 12.0. The van der Waals surface area contributed by atoms with E-state index in [1.165, 1.54) is 48.4 Å². The minimum absolute atomic E-state index is 0.174. The summed E-state index contributed by atoms with van der Waals surface area (Å²) in [4.78, 5) is 0.174. The van der Waals surface area contributed by atoms with E-state index in [0.29, 0.717) is 12.1 Å². The SMILES string of the molecule is CC(NC1CCCCC1)c1cccc2ccccc12.NS(=O)c1ccc(C(F)(F)F)cc1. The summed E-state index contributed by atoms with van der Waals surface area (Å²) in [6.45, 7) is 2.30. The maximum Gasteiger partial charge on any atom is 0.416 e. The van der Waals surface area contributed by atoms with E-state index in [0.717, 1.165) is 24.3 Å². The largest absolute Gasteiger partial charge is 0.416 e. The molecular weight excluding hydrogens is 433 g/mol. The highest BCUT2D eigenvalue weighted by Crippen LogP contribution is 2.29. The van der Waals surface area contributed by atoms with E-state index in [4.69, 9.17) is 5.14 Å². The van der Waals surface area contributed by atoms with Gasteiger partial charge < -0.3 is 5.32 Å². The number of hydrogen-bond donors (Lipinski definition) is 2. The van der Waals surface area contributed by atoms with Crippen LogP contribution in [0.15, 0.2) is 71.6 Å². The van der Waals surface area contributed by atoms with E-state index in [1.54, 1.807) is 0 Å². The van der Waals surface area contributed by atoms with Crippen LogP contribution in [-0.4, -0.2) is 10.3 Å². The fourth-order valence-corrected chi connectivity index (χ4v) is 4.52. The summed E-state index contributed by atoms with van der Waals surface area (Å²) in [5, 5.41) is 11.5. The molecule has 2 atom stereocenters. The highest BCUT2D eigenvalue weighted by molar-refractivity contribution is 7.82. The van der Waals surface area contributed by atoms with Gasteiger partial charge in [0.05, 0.1) is 10.5 Å². The molecule has 32 heavy (non-hydrogen) atoms. The quantitative estimate of drug-likeness (QED) is 0.464. The Kier molecular flexibility index (Phi) is 8.45. The zero-order valence-electron chi connectivity index (χ0n) is 18.1. The van der Waals surface area contributed by atoms with Gasteiger partial charge in [0.2, 0.25) is 0 Å². The molecule has 0 bridgehead atoms. The van der Waals surface area contributed by atoms with Gasteiger partial charge in [-0.05, 0) is 60.4 Å². The van der Waals surface area contributed by atoms with Crippen LogP contribution in [0.1, 0.15) is 56.2 Å². The average Bonchev–Trinajstić information content (AvgIpc) is 2.79. The molecular formula is C25H29F3N2OS. The first-order valence-electron chi connectivity index (χ1n) is 10.8. The van der Waals surface area contributed by atoms with Crippen LogP contribution in [0.25, 0.3) is 10.8 Å². The predicted octanol–water partition coefficient (Wildman–Crippen LogP) is 6.51. The third-order valence-corrected chi connectivity index (χ3v) is 6.53. The van der Waals surface area contributed by atoms with Crippen LogP contribution in [0.2, 0.25) is 0 Å². The van der Waals surface area contributed by atoms with Gasteiger partial charge >= 0.3 is 6.18 Å². The lowest BCUT2D eigenvalue weighted by Crippen LogP contribution is -2.33. The fourth-order valence-electron chi connectivity index (χ4n) is 4.12. The van der Waals surface area contributed by atoms with Crippen molar-refractivity contribution in [3.05, 3.63) is 77.9 Å². The third-order valence-electron chi connectivity index (χ3n) is 5.79. The van der Waals surface area contributed by atoms with Crippen molar-refractivity contribution in [2.75, 3.05) is 0 Å². The summed E-state index contributed by atoms with van der Waals surface area (Å²) in [7, 11) is -1.73. The number of alkyl halides is 3. The molecule has 3 nitrogen and oxygen atoms in total. The molecule has 0 heterocycles. The van der Waals surface area contributed by atoms with Crippen molar-refractivity contribution in [1.29, 1.82) is 0 Å². The lowest BCUT2D eigenvalue weighted by atomic mass is 9.93. The Hall–Kier alpha value is -2.22. The van der Waals surface area contributed by atoms with Crippen molar-refractivity contribution in [3.63, 3.8) is 0 Å². The number of nitrogens with one attached hydrogen (secondary N) is 1. The molecule has 1 fully saturated rings. The second-order valence-electron chi connectivity index (χ2n) is 8.11. The van der Waals surface area contributed by atoms with Crippen molar-refractivity contribution < 1.29 is 17.4 Å². The summed E-state index contributed by atoms with van der Waals surface area (Å²) in [5.41, 5.74) is 0.658. The molecule has 7 heteroatoms. The van der Waals surface area contributed by atoms with Crippen LogP contribution in [-0.2, 0) is 17.2 Å². The van der Waals surface area contributed by atoms with Crippen molar-refractivity contribution in [2.24, 2.45) is 5.14 Å². The van der Waals surface area contributed by atoms with E-state index in [2.05, 4.69) is 54.7 Å². The van der Waals surface area contributed by atoms with Gasteiger partial charge in [-0.3, -0.25) is 0 Å². The highest BCUT2D eigenvalue weighted by Gasteiger charge is 2.30. The molecule has 3 aromatic carbocycles. The highest BCUT2D eigenvalue weighted by atomic mass is 32.2. The predicted molar refractivity (Wildman–Crippen MR) is 124 cm³/mol. The topological polar surface area (TPSA) is 55.1 Å². The van der Waals surface area contributed by atoms with Crippen LogP contribution in [0.5, 0.6) is 0 Å². The van der Waals surface area contributed by atoms with E-state index >= 15 is 0 Å². The van der Waals surface area contributed by atoms with Gasteiger partial charge in [0.1, 0.15) is 11.0 Å². The molecule has 1 saturated carbocycles. The Morgan fingerprint density at radius 2 is 1.56 bits per heavy atom. The molecule has 0 amide bonds. The van der Waals surface area contributed by atoms with Gasteiger partial charge in [-0.15, -0.1) is 0 Å². The van der Waals surface area contributed by atoms with Crippen molar-refractivity contribution in [2.45, 2.75) is 62.2 Å². The van der Waals surface area contributed by atoms with E-state index in [-0.39, 0.29) is 4.90 Å². The molecule has 0 saturated heterocycles. The molecule has 0 radical (unpaired) electrons. The Balaban J connectivity index is 0.000000195. The number of nitrogens with two attached hydrogens (primary N) is 1. The second-order valence-corrected chi connectivity index (χ2v) is 9.18. The monoisotopic (exact) mass is 462 g/mol. The Labute approximate surface area is 189 Å². The van der Waals surface area contributed by atoms with E-state index in [1.807, 2.05) is 0 Å². The summed E-state index contributed by atoms with van der Waals surface area (Å²) in [6.07, 6.45) is 2.51. The molecule has 1 aliphatic carbocycles. The number of halogens is 3. The standard InChI is InChI=1S/C18H23N.C7H6F3NOS/c1-14(19-16-10-3-2-4-11-16)17-13-7-9-15-8-5-6-12-18(15)17;8-7(9,10)5-1-3-6(4-2-5)13(11)12/h5-9,12-14,16,19H,2-4,10-11H2,1H3;1-4H,11H2. The molecule has 3 aromatic rings. The van der Waals surface area contributed by atoms with Gasteiger partial charge in [0.15, 0.2) is 0 Å². The molecule has 3 N–H and O–H groups in total. The molecule has 4 rings (SSSR count). The third kappa shape index (κ3) is 6.64. The smallest absolute Gasteiger partial charge is 0.307 e. The van der Waals surface area contributed by atoms with Crippen LogP contribution in [0.4, 0.5) is 13.2 Å². The van der Waals surface area contributed by atoms with Crippen molar-refractivity contribution >= 4 is 21.8 Å².